The highest BCUT2D eigenvalue weighted by atomic mass is 32.2. The monoisotopic (exact) mass is 198 g/mol. The van der Waals surface area contributed by atoms with Crippen LogP contribution in [0.3, 0.4) is 0 Å². The molecule has 0 aliphatic carbocycles. The Morgan fingerprint density at radius 1 is 1.46 bits per heavy atom. The highest BCUT2D eigenvalue weighted by Crippen LogP contribution is 2.33. The van der Waals surface area contributed by atoms with Crippen LogP contribution in [-0.2, 0) is 0 Å². The smallest absolute Gasteiger partial charge is 0.162 e. The van der Waals surface area contributed by atoms with E-state index in [4.69, 9.17) is 0 Å². The van der Waals surface area contributed by atoms with E-state index in [0.29, 0.717) is 5.39 Å². The van der Waals surface area contributed by atoms with Gasteiger partial charge in [0.15, 0.2) is 5.82 Å². The van der Waals surface area contributed by atoms with Gasteiger partial charge in [-0.25, -0.2) is 15.3 Å². The zero-order chi connectivity index (χ0) is 9.42. The van der Waals surface area contributed by atoms with Gasteiger partial charge in [-0.1, -0.05) is 0 Å². The van der Waals surface area contributed by atoms with Gasteiger partial charge < -0.3 is 4.98 Å². The number of H-pyrrole nitrogens is 1. The summed E-state index contributed by atoms with van der Waals surface area (Å²) in [6.07, 6.45) is 7.27. The summed E-state index contributed by atoms with van der Waals surface area (Å²) >= 11 is 0. The van der Waals surface area contributed by atoms with Crippen molar-refractivity contribution in [3.05, 3.63) is 24.3 Å². The number of halogens is 1. The number of fused-ring (bicyclic) bond motifs is 1. The van der Waals surface area contributed by atoms with Gasteiger partial charge in [0, 0.05) is 12.4 Å². The Morgan fingerprint density at radius 3 is 2.85 bits per heavy atom. The number of aromatic amines is 1. The summed E-state index contributed by atoms with van der Waals surface area (Å²) in [4.78, 5) is 6.97. The van der Waals surface area contributed by atoms with Crippen LogP contribution >= 0.6 is 10.9 Å². The summed E-state index contributed by atoms with van der Waals surface area (Å²) < 4.78 is 13.6. The van der Waals surface area contributed by atoms with Crippen LogP contribution in [0.5, 0.6) is 0 Å². The summed E-state index contributed by atoms with van der Waals surface area (Å²) in [6, 6.07) is 1.79. The molecule has 2 aromatic rings. The van der Waals surface area contributed by atoms with Crippen LogP contribution in [0.1, 0.15) is 0 Å². The van der Waals surface area contributed by atoms with Crippen molar-refractivity contribution in [2.75, 3.05) is 12.5 Å². The second-order valence-corrected chi connectivity index (χ2v) is 5.34. The lowest BCUT2D eigenvalue weighted by Gasteiger charge is -2.04. The summed E-state index contributed by atoms with van der Waals surface area (Å²) in [7, 11) is -0.422. The lowest BCUT2D eigenvalue weighted by Crippen LogP contribution is -1.80. The van der Waals surface area contributed by atoms with Crippen molar-refractivity contribution in [1.82, 2.24) is 9.97 Å². The van der Waals surface area contributed by atoms with Crippen molar-refractivity contribution >= 4 is 21.8 Å². The third kappa shape index (κ3) is 1.31. The van der Waals surface area contributed by atoms with Crippen LogP contribution in [0.15, 0.2) is 23.5 Å². The highest BCUT2D eigenvalue weighted by molar-refractivity contribution is 8.15. The quantitative estimate of drug-likeness (QED) is 0.676. The van der Waals surface area contributed by atoms with Gasteiger partial charge in [-0.3, -0.25) is 4.98 Å². The lowest BCUT2D eigenvalue weighted by atomic mass is 10.3. The molecule has 0 amide bonds. The molecule has 0 aliphatic rings. The number of rotatable bonds is 1. The second-order valence-electron chi connectivity index (χ2n) is 3.10. The van der Waals surface area contributed by atoms with Crippen LogP contribution < -0.4 is 0 Å². The molecule has 0 unspecified atom stereocenters. The van der Waals surface area contributed by atoms with Gasteiger partial charge in [0.25, 0.3) is 0 Å². The average molecular weight is 198 g/mol. The fraction of sp³-hybridized carbons (Fsp3) is 0.222. The molecule has 1 N–H and O–H groups in total. The first-order valence-corrected chi connectivity index (χ1v) is 6.22. The Kier molecular flexibility index (Phi) is 2.00. The SMILES string of the molecule is C[SH](C)c1[nH]c2ccncc2c1F. The van der Waals surface area contributed by atoms with Gasteiger partial charge >= 0.3 is 0 Å². The predicted octanol–water partition coefficient (Wildman–Crippen LogP) is 2.32. The average Bonchev–Trinajstić information content (AvgIpc) is 2.45. The van der Waals surface area contributed by atoms with Crippen molar-refractivity contribution in [2.45, 2.75) is 5.03 Å². The number of hydrogen-bond acceptors (Lipinski definition) is 1. The molecular weight excluding hydrogens is 187 g/mol. The molecule has 0 saturated heterocycles. The van der Waals surface area contributed by atoms with Crippen molar-refractivity contribution in [3.8, 4) is 0 Å². The fourth-order valence-electron chi connectivity index (χ4n) is 1.30. The Hall–Kier alpha value is -1.03. The molecule has 2 aromatic heterocycles. The number of pyridine rings is 1. The zero-order valence-electron chi connectivity index (χ0n) is 7.50. The largest absolute Gasteiger partial charge is 0.349 e. The second kappa shape index (κ2) is 3.03. The first-order chi connectivity index (χ1) is 6.20. The van der Waals surface area contributed by atoms with Crippen LogP contribution in [0.2, 0.25) is 0 Å². The number of nitrogens with one attached hydrogen (secondary N) is 1. The van der Waals surface area contributed by atoms with Crippen LogP contribution in [0.4, 0.5) is 4.39 Å². The molecule has 4 heteroatoms. The Bertz CT molecular complexity index is 436. The molecule has 0 saturated carbocycles. The summed E-state index contributed by atoms with van der Waals surface area (Å²) in [5.74, 6) is -0.140. The van der Waals surface area contributed by atoms with Crippen molar-refractivity contribution < 1.29 is 4.39 Å². The molecule has 13 heavy (non-hydrogen) atoms. The van der Waals surface area contributed by atoms with Gasteiger partial charge in [0.1, 0.15) is 0 Å². The van der Waals surface area contributed by atoms with Gasteiger partial charge in [-0.2, -0.15) is 0 Å². The van der Waals surface area contributed by atoms with E-state index in [1.807, 2.05) is 12.5 Å². The van der Waals surface area contributed by atoms with E-state index in [9.17, 15) is 4.39 Å². The predicted molar refractivity (Wildman–Crippen MR) is 55.2 cm³/mol. The number of nitrogens with zero attached hydrogens (tertiary/aromatic N) is 1. The molecule has 2 nitrogen and oxygen atoms in total. The van der Waals surface area contributed by atoms with Crippen molar-refractivity contribution in [2.24, 2.45) is 0 Å². The third-order valence-corrected chi connectivity index (χ3v) is 3.17. The van der Waals surface area contributed by atoms with E-state index >= 15 is 0 Å². The minimum Gasteiger partial charge on any atom is -0.349 e. The maximum absolute atomic E-state index is 13.6. The number of hydrogen-bond donors (Lipinski definition) is 2. The Morgan fingerprint density at radius 2 is 2.23 bits per heavy atom. The molecule has 0 aromatic carbocycles. The number of thiol groups is 1. The highest BCUT2D eigenvalue weighted by Gasteiger charge is 2.11. The van der Waals surface area contributed by atoms with E-state index in [1.165, 1.54) is 0 Å². The fourth-order valence-corrected chi connectivity index (χ4v) is 2.15. The van der Waals surface area contributed by atoms with E-state index in [2.05, 4.69) is 9.97 Å². The summed E-state index contributed by atoms with van der Waals surface area (Å²) in [5, 5.41) is 1.31. The molecule has 2 heterocycles. The maximum Gasteiger partial charge on any atom is 0.162 e. The minimum absolute atomic E-state index is 0.140. The van der Waals surface area contributed by atoms with Crippen molar-refractivity contribution in [1.29, 1.82) is 0 Å². The molecule has 0 bridgehead atoms. The van der Waals surface area contributed by atoms with Crippen LogP contribution in [-0.4, -0.2) is 22.5 Å². The van der Waals surface area contributed by atoms with E-state index in [-0.39, 0.29) is 5.82 Å². The molecule has 0 radical (unpaired) electrons. The Labute approximate surface area is 78.5 Å². The lowest BCUT2D eigenvalue weighted by molar-refractivity contribution is 0.609. The molecule has 0 aliphatic heterocycles. The van der Waals surface area contributed by atoms with Gasteiger partial charge in [0.2, 0.25) is 0 Å². The number of aromatic nitrogens is 2. The maximum atomic E-state index is 13.6. The van der Waals surface area contributed by atoms with Gasteiger partial charge in [-0.15, -0.1) is 0 Å². The van der Waals surface area contributed by atoms with Crippen molar-refractivity contribution in [3.63, 3.8) is 0 Å². The standard InChI is InChI=1S/C9H11FN2S/c1-13(2)9-8(10)6-5-11-4-3-7(6)12-9/h3-5,12-13H,1-2H3. The molecule has 0 atom stereocenters. The first-order valence-electron chi connectivity index (χ1n) is 3.98. The normalized spacial score (nSPS) is 12.1. The van der Waals surface area contributed by atoms with Gasteiger partial charge in [0.05, 0.1) is 15.9 Å². The topological polar surface area (TPSA) is 28.7 Å². The van der Waals surface area contributed by atoms with E-state index < -0.39 is 10.9 Å². The Balaban J connectivity index is 2.74. The zero-order valence-corrected chi connectivity index (χ0v) is 8.40. The first kappa shape index (κ1) is 8.56. The molecule has 0 fully saturated rings. The molecular formula is C9H11FN2S. The van der Waals surface area contributed by atoms with Crippen LogP contribution in [0, 0.1) is 5.82 Å². The van der Waals surface area contributed by atoms with Gasteiger partial charge in [-0.05, 0) is 18.6 Å². The minimum atomic E-state index is -0.422. The van der Waals surface area contributed by atoms with E-state index in [0.717, 1.165) is 10.5 Å². The van der Waals surface area contributed by atoms with E-state index in [1.54, 1.807) is 18.5 Å². The summed E-state index contributed by atoms with van der Waals surface area (Å²) in [6.45, 7) is 0. The molecule has 2 rings (SSSR count). The van der Waals surface area contributed by atoms with Crippen LogP contribution in [0.25, 0.3) is 10.9 Å². The third-order valence-electron chi connectivity index (χ3n) is 1.97. The summed E-state index contributed by atoms with van der Waals surface area (Å²) in [5.41, 5.74) is 0.832. The molecule has 0 spiro atoms. The molecule has 70 valence electrons.